The summed E-state index contributed by atoms with van der Waals surface area (Å²) >= 11 is 1.42. The number of hydrogen-bond donors (Lipinski definition) is 0. The number of rotatable bonds is 8. The highest BCUT2D eigenvalue weighted by Crippen LogP contribution is 2.21. The Balaban J connectivity index is 1.95. The average Bonchev–Trinajstić information content (AvgIpc) is 3.08. The van der Waals surface area contributed by atoms with Crippen LogP contribution in [-0.4, -0.2) is 30.7 Å². The summed E-state index contributed by atoms with van der Waals surface area (Å²) in [7, 11) is 2.95. The van der Waals surface area contributed by atoms with E-state index in [2.05, 4.69) is 24.0 Å². The minimum Gasteiger partial charge on any atom is -0.497 e. The molecule has 3 aromatic rings. The van der Waals surface area contributed by atoms with Gasteiger partial charge >= 0.3 is 5.97 Å². The van der Waals surface area contributed by atoms with Crippen molar-refractivity contribution >= 4 is 33.4 Å². The lowest BCUT2D eigenvalue weighted by Gasteiger charge is -2.05. The molecule has 1 aromatic heterocycles. The summed E-state index contributed by atoms with van der Waals surface area (Å²) in [4.78, 5) is 29.4. The van der Waals surface area contributed by atoms with Gasteiger partial charge in [0, 0.05) is 0 Å². The van der Waals surface area contributed by atoms with Gasteiger partial charge in [0.05, 0.1) is 30.9 Å². The maximum absolute atomic E-state index is 12.6. The van der Waals surface area contributed by atoms with Crippen LogP contribution in [0.25, 0.3) is 10.2 Å². The molecule has 7 heteroatoms. The number of aryl methyl sites for hydroxylation is 1. The lowest BCUT2D eigenvalue weighted by Crippen LogP contribution is -2.22. The Morgan fingerprint density at radius 3 is 2.47 bits per heavy atom. The lowest BCUT2D eigenvalue weighted by molar-refractivity contribution is -0.141. The van der Waals surface area contributed by atoms with E-state index in [-0.39, 0.29) is 24.8 Å². The highest BCUT2D eigenvalue weighted by atomic mass is 32.1. The van der Waals surface area contributed by atoms with Gasteiger partial charge in [0.15, 0.2) is 4.80 Å². The third-order valence-electron chi connectivity index (χ3n) is 4.82. The molecule has 0 radical (unpaired) electrons. The first-order valence-corrected chi connectivity index (χ1v) is 10.7. The maximum atomic E-state index is 12.6. The van der Waals surface area contributed by atoms with Gasteiger partial charge < -0.3 is 14.0 Å². The molecule has 0 aliphatic heterocycles. The number of nitrogens with zero attached hydrogens (tertiary/aromatic N) is 2. The summed E-state index contributed by atoms with van der Waals surface area (Å²) in [5.41, 5.74) is 2.97. The molecular weight excluding hydrogens is 400 g/mol. The van der Waals surface area contributed by atoms with Crippen LogP contribution < -0.4 is 9.54 Å². The molecular formula is C23H26N2O4S. The molecule has 0 aliphatic rings. The maximum Gasteiger partial charge on any atom is 0.325 e. The van der Waals surface area contributed by atoms with Crippen molar-refractivity contribution in [3.8, 4) is 5.75 Å². The van der Waals surface area contributed by atoms with Crippen LogP contribution >= 0.6 is 11.3 Å². The predicted octanol–water partition coefficient (Wildman–Crippen LogP) is 3.90. The molecule has 0 unspecified atom stereocenters. The summed E-state index contributed by atoms with van der Waals surface area (Å²) < 4.78 is 12.7. The van der Waals surface area contributed by atoms with Crippen molar-refractivity contribution in [2.24, 2.45) is 4.99 Å². The zero-order valence-corrected chi connectivity index (χ0v) is 18.3. The normalized spacial score (nSPS) is 11.6. The fraction of sp³-hybridized carbons (Fsp3) is 0.348. The van der Waals surface area contributed by atoms with E-state index in [0.717, 1.165) is 40.8 Å². The van der Waals surface area contributed by atoms with Crippen molar-refractivity contribution in [1.82, 2.24) is 4.57 Å². The van der Waals surface area contributed by atoms with Gasteiger partial charge in [-0.25, -0.2) is 0 Å². The molecule has 0 saturated heterocycles. The van der Waals surface area contributed by atoms with E-state index in [4.69, 9.17) is 9.47 Å². The first kappa shape index (κ1) is 21.8. The Morgan fingerprint density at radius 2 is 1.80 bits per heavy atom. The van der Waals surface area contributed by atoms with E-state index in [1.807, 2.05) is 30.3 Å². The Labute approximate surface area is 179 Å². The molecule has 0 spiro atoms. The predicted molar refractivity (Wildman–Crippen MR) is 118 cm³/mol. The largest absolute Gasteiger partial charge is 0.497 e. The van der Waals surface area contributed by atoms with Crippen LogP contribution in [0, 0.1) is 0 Å². The molecule has 158 valence electrons. The van der Waals surface area contributed by atoms with Crippen LogP contribution in [0.15, 0.2) is 47.5 Å². The van der Waals surface area contributed by atoms with Crippen LogP contribution in [0.4, 0.5) is 0 Å². The van der Waals surface area contributed by atoms with Crippen molar-refractivity contribution in [3.05, 3.63) is 58.4 Å². The van der Waals surface area contributed by atoms with Gasteiger partial charge in [-0.1, -0.05) is 42.9 Å². The Kier molecular flexibility index (Phi) is 7.41. The molecule has 0 aliphatic carbocycles. The SMILES string of the molecule is CCCCc1ccc2c(c1)sc(=NC(=O)Cc1ccc(OC)cc1)n2CC(=O)OC. The zero-order valence-electron chi connectivity index (χ0n) is 17.5. The topological polar surface area (TPSA) is 69.9 Å². The summed E-state index contributed by atoms with van der Waals surface area (Å²) in [6, 6.07) is 13.5. The van der Waals surface area contributed by atoms with Crippen molar-refractivity contribution in [2.75, 3.05) is 14.2 Å². The number of methoxy groups -OCH3 is 2. The Bertz CT molecular complexity index is 1100. The fourth-order valence-corrected chi connectivity index (χ4v) is 4.26. The van der Waals surface area contributed by atoms with E-state index < -0.39 is 0 Å². The quantitative estimate of drug-likeness (QED) is 0.512. The number of fused-ring (bicyclic) bond motifs is 1. The second-order valence-electron chi connectivity index (χ2n) is 6.98. The number of unbranched alkanes of at least 4 members (excludes halogenated alkanes) is 1. The van der Waals surface area contributed by atoms with Gasteiger partial charge in [-0.2, -0.15) is 4.99 Å². The van der Waals surface area contributed by atoms with E-state index in [9.17, 15) is 9.59 Å². The Morgan fingerprint density at radius 1 is 1.07 bits per heavy atom. The van der Waals surface area contributed by atoms with Crippen LogP contribution in [-0.2, 0) is 33.7 Å². The molecule has 3 rings (SSSR count). The van der Waals surface area contributed by atoms with E-state index in [1.54, 1.807) is 11.7 Å². The molecule has 0 fully saturated rings. The van der Waals surface area contributed by atoms with Crippen LogP contribution in [0.3, 0.4) is 0 Å². The van der Waals surface area contributed by atoms with E-state index in [1.165, 1.54) is 24.0 Å². The van der Waals surface area contributed by atoms with Crippen LogP contribution in [0.5, 0.6) is 5.75 Å². The highest BCUT2D eigenvalue weighted by Gasteiger charge is 2.13. The summed E-state index contributed by atoms with van der Waals surface area (Å²) in [5.74, 6) is 0.0906. The Hall–Kier alpha value is -2.93. The number of aromatic nitrogens is 1. The second-order valence-corrected chi connectivity index (χ2v) is 7.99. The number of carbonyl (C=O) groups is 2. The van der Waals surface area contributed by atoms with Crippen molar-refractivity contribution in [3.63, 3.8) is 0 Å². The number of esters is 1. The second kappa shape index (κ2) is 10.2. The number of carbonyl (C=O) groups excluding carboxylic acids is 2. The van der Waals surface area contributed by atoms with Gasteiger partial charge in [-0.3, -0.25) is 9.59 Å². The number of amides is 1. The number of benzene rings is 2. The minimum absolute atomic E-state index is 0.0133. The zero-order chi connectivity index (χ0) is 21.5. The van der Waals surface area contributed by atoms with Gasteiger partial charge in [-0.05, 0) is 48.2 Å². The van der Waals surface area contributed by atoms with Gasteiger partial charge in [0.1, 0.15) is 12.3 Å². The summed E-state index contributed by atoms with van der Waals surface area (Å²) in [5, 5.41) is 0. The average molecular weight is 427 g/mol. The monoisotopic (exact) mass is 426 g/mol. The van der Waals surface area contributed by atoms with Gasteiger partial charge in [-0.15, -0.1) is 0 Å². The minimum atomic E-state index is -0.381. The first-order valence-electron chi connectivity index (χ1n) is 9.93. The highest BCUT2D eigenvalue weighted by molar-refractivity contribution is 7.16. The first-order chi connectivity index (χ1) is 14.5. The fourth-order valence-electron chi connectivity index (χ4n) is 3.15. The molecule has 6 nitrogen and oxygen atoms in total. The number of thiazole rings is 1. The van der Waals surface area contributed by atoms with E-state index >= 15 is 0 Å². The molecule has 1 amide bonds. The number of ether oxygens (including phenoxy) is 2. The molecule has 0 saturated carbocycles. The molecule has 0 N–H and O–H groups in total. The molecule has 30 heavy (non-hydrogen) atoms. The van der Waals surface area contributed by atoms with Crippen molar-refractivity contribution < 1.29 is 19.1 Å². The van der Waals surface area contributed by atoms with Crippen LogP contribution in [0.2, 0.25) is 0 Å². The number of hydrogen-bond acceptors (Lipinski definition) is 5. The van der Waals surface area contributed by atoms with Crippen LogP contribution in [0.1, 0.15) is 30.9 Å². The third-order valence-corrected chi connectivity index (χ3v) is 5.86. The molecule has 0 bridgehead atoms. The molecule has 0 atom stereocenters. The smallest absolute Gasteiger partial charge is 0.325 e. The van der Waals surface area contributed by atoms with Crippen molar-refractivity contribution in [1.29, 1.82) is 0 Å². The molecule has 2 aromatic carbocycles. The summed E-state index contributed by atoms with van der Waals surface area (Å²) in [6.45, 7) is 2.18. The van der Waals surface area contributed by atoms with Gasteiger partial charge in [0.2, 0.25) is 0 Å². The van der Waals surface area contributed by atoms with Gasteiger partial charge in [0.25, 0.3) is 5.91 Å². The molecule has 1 heterocycles. The lowest BCUT2D eigenvalue weighted by atomic mass is 10.1. The van der Waals surface area contributed by atoms with Crippen molar-refractivity contribution in [2.45, 2.75) is 39.2 Å². The third kappa shape index (κ3) is 5.36. The summed E-state index contributed by atoms with van der Waals surface area (Å²) in [6.07, 6.45) is 3.43. The standard InChI is InChI=1S/C23H26N2O4S/c1-4-5-6-16-9-12-19-20(13-16)30-23(25(19)15-22(27)29-3)24-21(26)14-17-7-10-18(28-2)11-8-17/h7-13H,4-6,14-15H2,1-3H3. The van der Waals surface area contributed by atoms with E-state index in [0.29, 0.717) is 4.80 Å².